The van der Waals surface area contributed by atoms with Crippen molar-refractivity contribution in [2.75, 3.05) is 16.8 Å². The largest absolute Gasteiger partial charge is 0.309 e. The minimum Gasteiger partial charge on any atom is -0.309 e. The van der Waals surface area contributed by atoms with E-state index in [1.165, 1.54) is 22.1 Å². The lowest BCUT2D eigenvalue weighted by molar-refractivity contribution is -0.131. The summed E-state index contributed by atoms with van der Waals surface area (Å²) in [5.74, 6) is -1.04. The summed E-state index contributed by atoms with van der Waals surface area (Å²) in [5, 5.41) is 10.6. The second-order valence-corrected chi connectivity index (χ2v) is 6.75. The second-order valence-electron chi connectivity index (χ2n) is 5.50. The van der Waals surface area contributed by atoms with E-state index in [9.17, 15) is 14.4 Å². The lowest BCUT2D eigenvalue weighted by atomic mass is 10.2. The average molecular weight is 372 g/mol. The molecule has 9 heteroatoms. The maximum atomic E-state index is 12.8. The smallest absolute Gasteiger partial charge is 0.245 e. The number of hydroxylamine groups is 1. The van der Waals surface area contributed by atoms with Crippen molar-refractivity contribution in [3.05, 3.63) is 48.7 Å². The Morgan fingerprint density at radius 2 is 1.92 bits per heavy atom. The number of pyridine rings is 1. The van der Waals surface area contributed by atoms with Crippen LogP contribution in [0.25, 0.3) is 0 Å². The Morgan fingerprint density at radius 1 is 1.15 bits per heavy atom. The standard InChI is InChI=1S/C17H16N4O4S/c22-15(20-25)9-13-17(24)21(11-5-1-2-6-12(11)26-13)10-16(23)19-14-7-3-4-8-18-14/h1-8,13,25H,9-10H2,(H,20,22)(H,18,19,23). The number of nitrogens with zero attached hydrogens (tertiary/aromatic N) is 2. The number of amides is 3. The van der Waals surface area contributed by atoms with Crippen LogP contribution in [0.5, 0.6) is 0 Å². The van der Waals surface area contributed by atoms with Gasteiger partial charge in [0.2, 0.25) is 17.7 Å². The maximum absolute atomic E-state index is 12.8. The van der Waals surface area contributed by atoms with Crippen LogP contribution < -0.4 is 15.7 Å². The van der Waals surface area contributed by atoms with E-state index in [0.717, 1.165) is 4.90 Å². The van der Waals surface area contributed by atoms with Crippen molar-refractivity contribution in [3.8, 4) is 0 Å². The van der Waals surface area contributed by atoms with Crippen molar-refractivity contribution < 1.29 is 19.6 Å². The number of aromatic nitrogens is 1. The third kappa shape index (κ3) is 4.01. The highest BCUT2D eigenvalue weighted by Crippen LogP contribution is 2.40. The molecule has 0 saturated heterocycles. The third-order valence-electron chi connectivity index (χ3n) is 3.70. The van der Waals surface area contributed by atoms with Gasteiger partial charge in [-0.25, -0.2) is 10.5 Å². The molecule has 0 radical (unpaired) electrons. The summed E-state index contributed by atoms with van der Waals surface area (Å²) in [7, 11) is 0. The van der Waals surface area contributed by atoms with Crippen molar-refractivity contribution >= 4 is 41.0 Å². The van der Waals surface area contributed by atoms with Crippen LogP contribution in [0.1, 0.15) is 6.42 Å². The van der Waals surface area contributed by atoms with E-state index in [2.05, 4.69) is 10.3 Å². The van der Waals surface area contributed by atoms with E-state index in [1.807, 2.05) is 12.1 Å². The number of nitrogens with one attached hydrogen (secondary N) is 2. The summed E-state index contributed by atoms with van der Waals surface area (Å²) >= 11 is 1.24. The molecule has 8 nitrogen and oxygen atoms in total. The summed E-state index contributed by atoms with van der Waals surface area (Å²) in [4.78, 5) is 42.8. The topological polar surface area (TPSA) is 112 Å². The van der Waals surface area contributed by atoms with E-state index in [4.69, 9.17) is 5.21 Å². The molecule has 3 N–H and O–H groups in total. The van der Waals surface area contributed by atoms with Crippen molar-refractivity contribution in [2.24, 2.45) is 0 Å². The molecule has 134 valence electrons. The van der Waals surface area contributed by atoms with E-state index in [0.29, 0.717) is 11.5 Å². The Kier molecular flexibility index (Phi) is 5.49. The first kappa shape index (κ1) is 17.9. The number of carbonyl (C=O) groups is 3. The molecule has 0 fully saturated rings. The van der Waals surface area contributed by atoms with E-state index in [1.54, 1.807) is 36.5 Å². The molecule has 1 unspecified atom stereocenters. The molecule has 1 aliphatic heterocycles. The highest BCUT2D eigenvalue weighted by atomic mass is 32.2. The number of hydrogen-bond donors (Lipinski definition) is 3. The van der Waals surface area contributed by atoms with E-state index in [-0.39, 0.29) is 18.9 Å². The molecular weight excluding hydrogens is 356 g/mol. The van der Waals surface area contributed by atoms with Crippen LogP contribution in [0.15, 0.2) is 53.6 Å². The van der Waals surface area contributed by atoms with Crippen LogP contribution in [-0.2, 0) is 14.4 Å². The van der Waals surface area contributed by atoms with Crippen LogP contribution >= 0.6 is 11.8 Å². The van der Waals surface area contributed by atoms with E-state index < -0.39 is 17.1 Å². The first-order valence-electron chi connectivity index (χ1n) is 7.79. The van der Waals surface area contributed by atoms with Gasteiger partial charge in [-0.05, 0) is 24.3 Å². The number of para-hydroxylation sites is 1. The predicted molar refractivity (Wildman–Crippen MR) is 95.9 cm³/mol. The number of thioether (sulfide) groups is 1. The van der Waals surface area contributed by atoms with Gasteiger partial charge in [-0.2, -0.15) is 0 Å². The molecule has 1 aromatic heterocycles. The van der Waals surface area contributed by atoms with Gasteiger partial charge >= 0.3 is 0 Å². The average Bonchev–Trinajstić information content (AvgIpc) is 2.65. The number of carbonyl (C=O) groups excluding carboxylic acids is 3. The van der Waals surface area contributed by atoms with Crippen molar-refractivity contribution in [1.82, 2.24) is 10.5 Å². The van der Waals surface area contributed by atoms with Gasteiger partial charge in [0, 0.05) is 17.5 Å². The zero-order valence-electron chi connectivity index (χ0n) is 13.6. The number of benzene rings is 1. The molecule has 0 saturated carbocycles. The molecule has 26 heavy (non-hydrogen) atoms. The predicted octanol–water partition coefficient (Wildman–Crippen LogP) is 1.42. The highest BCUT2D eigenvalue weighted by Gasteiger charge is 2.35. The molecule has 1 aliphatic rings. The van der Waals surface area contributed by atoms with Gasteiger partial charge in [-0.1, -0.05) is 18.2 Å². The van der Waals surface area contributed by atoms with Crippen molar-refractivity contribution in [2.45, 2.75) is 16.6 Å². The SMILES string of the molecule is O=C(CC1Sc2ccccc2N(CC(=O)Nc2ccccn2)C1=O)NO. The number of rotatable bonds is 5. The molecule has 0 bridgehead atoms. The van der Waals surface area contributed by atoms with Crippen molar-refractivity contribution in [3.63, 3.8) is 0 Å². The monoisotopic (exact) mass is 372 g/mol. The minimum atomic E-state index is -0.722. The molecule has 3 amide bonds. The summed E-state index contributed by atoms with van der Waals surface area (Å²) < 4.78 is 0. The van der Waals surface area contributed by atoms with Crippen LogP contribution in [-0.4, -0.2) is 39.7 Å². The summed E-state index contributed by atoms with van der Waals surface area (Å²) in [6.45, 7) is -0.204. The Balaban J connectivity index is 1.80. The van der Waals surface area contributed by atoms with Gasteiger partial charge < -0.3 is 10.2 Å². The fourth-order valence-electron chi connectivity index (χ4n) is 2.54. The molecule has 2 heterocycles. The Morgan fingerprint density at radius 3 is 2.65 bits per heavy atom. The fourth-order valence-corrected chi connectivity index (χ4v) is 3.77. The van der Waals surface area contributed by atoms with Gasteiger partial charge in [0.25, 0.3) is 0 Å². The summed E-state index contributed by atoms with van der Waals surface area (Å²) in [5.41, 5.74) is 2.15. The van der Waals surface area contributed by atoms with Crippen LogP contribution in [0.3, 0.4) is 0 Å². The summed E-state index contributed by atoms with van der Waals surface area (Å²) in [6.07, 6.45) is 1.36. The van der Waals surface area contributed by atoms with Gasteiger partial charge in [-0.3, -0.25) is 19.6 Å². The minimum absolute atomic E-state index is 0.188. The van der Waals surface area contributed by atoms with E-state index >= 15 is 0 Å². The van der Waals surface area contributed by atoms with Crippen LogP contribution in [0, 0.1) is 0 Å². The molecule has 0 spiro atoms. The Hall–Kier alpha value is -2.91. The second kappa shape index (κ2) is 7.98. The zero-order valence-corrected chi connectivity index (χ0v) is 14.4. The normalized spacial score (nSPS) is 16.0. The lowest BCUT2D eigenvalue weighted by Gasteiger charge is -2.32. The van der Waals surface area contributed by atoms with Crippen LogP contribution in [0.4, 0.5) is 11.5 Å². The molecular formula is C17H16N4O4S. The van der Waals surface area contributed by atoms with Crippen molar-refractivity contribution in [1.29, 1.82) is 0 Å². The fraction of sp³-hybridized carbons (Fsp3) is 0.176. The first-order chi connectivity index (χ1) is 12.6. The molecule has 1 atom stereocenters. The van der Waals surface area contributed by atoms with Gasteiger partial charge in [0.1, 0.15) is 12.4 Å². The third-order valence-corrected chi connectivity index (χ3v) is 4.95. The molecule has 2 aromatic rings. The van der Waals surface area contributed by atoms with Gasteiger partial charge in [0.15, 0.2) is 0 Å². The maximum Gasteiger partial charge on any atom is 0.245 e. The van der Waals surface area contributed by atoms with Gasteiger partial charge in [0.05, 0.1) is 10.9 Å². The number of anilines is 2. The quantitative estimate of drug-likeness (QED) is 0.541. The Bertz CT molecular complexity index is 831. The van der Waals surface area contributed by atoms with Gasteiger partial charge in [-0.15, -0.1) is 11.8 Å². The van der Waals surface area contributed by atoms with Crippen LogP contribution in [0.2, 0.25) is 0 Å². The molecule has 0 aliphatic carbocycles. The highest BCUT2D eigenvalue weighted by molar-refractivity contribution is 8.01. The molecule has 1 aromatic carbocycles. The first-order valence-corrected chi connectivity index (χ1v) is 8.67. The number of fused-ring (bicyclic) bond motifs is 1. The Labute approximate surface area is 153 Å². The lowest BCUT2D eigenvalue weighted by Crippen LogP contribution is -2.46. The number of hydrogen-bond acceptors (Lipinski definition) is 6. The zero-order chi connectivity index (χ0) is 18.5. The summed E-state index contributed by atoms with van der Waals surface area (Å²) in [6, 6.07) is 12.3. The molecule has 3 rings (SSSR count).